The molecule has 0 atom stereocenters. The molecule has 0 saturated heterocycles. The molecule has 136 valence electrons. The summed E-state index contributed by atoms with van der Waals surface area (Å²) in [4.78, 5) is 24.4. The number of nitrogens with one attached hydrogen (secondary N) is 1. The number of anilines is 1. The van der Waals surface area contributed by atoms with Gasteiger partial charge in [0.2, 0.25) is 0 Å². The monoisotopic (exact) mass is 462 g/mol. The van der Waals surface area contributed by atoms with Gasteiger partial charge in [0.25, 0.3) is 11.6 Å². The molecule has 3 rings (SSSR count). The molecule has 0 heterocycles. The van der Waals surface area contributed by atoms with Gasteiger partial charge >= 0.3 is 0 Å². The van der Waals surface area contributed by atoms with Crippen LogP contribution in [0, 0.1) is 10.1 Å². The topological polar surface area (TPSA) is 72.2 Å². The number of benzene rings is 3. The van der Waals surface area contributed by atoms with Crippen LogP contribution >= 0.6 is 39.3 Å². The van der Waals surface area contributed by atoms with Gasteiger partial charge in [-0.3, -0.25) is 14.9 Å². The van der Waals surface area contributed by atoms with Crippen LogP contribution in [0.4, 0.5) is 11.4 Å². The van der Waals surface area contributed by atoms with E-state index in [0.717, 1.165) is 4.47 Å². The van der Waals surface area contributed by atoms with E-state index in [0.29, 0.717) is 21.0 Å². The summed E-state index contributed by atoms with van der Waals surface area (Å²) in [5.41, 5.74) is 1.09. The van der Waals surface area contributed by atoms with Crippen molar-refractivity contribution in [3.63, 3.8) is 0 Å². The quantitative estimate of drug-likeness (QED) is 0.350. The highest BCUT2D eigenvalue weighted by atomic mass is 79.9. The Labute approximate surface area is 173 Å². The standard InChI is InChI=1S/C19H12BrClN2O3S/c20-12-5-7-13(8-6-12)22-19(24)15-3-1-2-4-17(15)27-18-10-9-14(23(25)26)11-16(18)21/h1-11H,(H,22,24). The second-order valence-electron chi connectivity index (χ2n) is 5.43. The summed E-state index contributed by atoms with van der Waals surface area (Å²) >= 11 is 10.8. The normalized spacial score (nSPS) is 10.4. The Bertz CT molecular complexity index is 1010. The zero-order valence-corrected chi connectivity index (χ0v) is 16.8. The number of hydrogen-bond acceptors (Lipinski definition) is 4. The van der Waals surface area contributed by atoms with Gasteiger partial charge < -0.3 is 5.32 Å². The van der Waals surface area contributed by atoms with Gasteiger partial charge in [0.05, 0.1) is 15.5 Å². The van der Waals surface area contributed by atoms with Crippen molar-refractivity contribution in [1.29, 1.82) is 0 Å². The van der Waals surface area contributed by atoms with E-state index in [-0.39, 0.29) is 16.6 Å². The average molecular weight is 464 g/mol. The number of rotatable bonds is 5. The lowest BCUT2D eigenvalue weighted by Crippen LogP contribution is -2.12. The van der Waals surface area contributed by atoms with Gasteiger partial charge in [0.1, 0.15) is 0 Å². The highest BCUT2D eigenvalue weighted by molar-refractivity contribution is 9.10. The van der Waals surface area contributed by atoms with Crippen LogP contribution in [0.15, 0.2) is 81.0 Å². The van der Waals surface area contributed by atoms with Crippen LogP contribution in [-0.4, -0.2) is 10.8 Å². The maximum Gasteiger partial charge on any atom is 0.270 e. The SMILES string of the molecule is O=C(Nc1ccc(Br)cc1)c1ccccc1Sc1ccc([N+](=O)[O-])cc1Cl. The molecule has 1 amide bonds. The Balaban J connectivity index is 1.84. The number of nitro groups is 1. The predicted octanol–water partition coefficient (Wildman–Crippen LogP) is 6.41. The summed E-state index contributed by atoms with van der Waals surface area (Å²) < 4.78 is 0.921. The lowest BCUT2D eigenvalue weighted by atomic mass is 10.2. The fourth-order valence-electron chi connectivity index (χ4n) is 2.28. The lowest BCUT2D eigenvalue weighted by molar-refractivity contribution is -0.384. The van der Waals surface area contributed by atoms with Crippen molar-refractivity contribution < 1.29 is 9.72 Å². The van der Waals surface area contributed by atoms with E-state index in [1.165, 1.54) is 23.9 Å². The van der Waals surface area contributed by atoms with Crippen molar-refractivity contribution in [2.24, 2.45) is 0 Å². The minimum Gasteiger partial charge on any atom is -0.322 e. The summed E-state index contributed by atoms with van der Waals surface area (Å²) in [6.07, 6.45) is 0. The molecule has 0 aromatic heterocycles. The molecule has 3 aromatic carbocycles. The number of hydrogen-bond donors (Lipinski definition) is 1. The van der Waals surface area contributed by atoms with Gasteiger partial charge in [-0.2, -0.15) is 0 Å². The molecule has 27 heavy (non-hydrogen) atoms. The van der Waals surface area contributed by atoms with Gasteiger partial charge in [0.15, 0.2) is 0 Å². The van der Waals surface area contributed by atoms with Crippen LogP contribution in [0.25, 0.3) is 0 Å². The van der Waals surface area contributed by atoms with E-state index in [9.17, 15) is 14.9 Å². The minimum absolute atomic E-state index is 0.0781. The van der Waals surface area contributed by atoms with Crippen molar-refractivity contribution in [2.75, 3.05) is 5.32 Å². The van der Waals surface area contributed by atoms with Crippen molar-refractivity contribution in [1.82, 2.24) is 0 Å². The fraction of sp³-hybridized carbons (Fsp3) is 0. The Morgan fingerprint density at radius 1 is 1.04 bits per heavy atom. The molecule has 0 fully saturated rings. The van der Waals surface area contributed by atoms with Crippen molar-refractivity contribution in [3.8, 4) is 0 Å². The van der Waals surface area contributed by atoms with Crippen molar-refractivity contribution in [2.45, 2.75) is 9.79 Å². The molecule has 0 aliphatic rings. The molecule has 0 radical (unpaired) electrons. The smallest absolute Gasteiger partial charge is 0.270 e. The molecular formula is C19H12BrClN2O3S. The first-order valence-corrected chi connectivity index (χ1v) is 9.70. The lowest BCUT2D eigenvalue weighted by Gasteiger charge is -2.11. The van der Waals surface area contributed by atoms with Crippen LogP contribution in [0.3, 0.4) is 0 Å². The number of nitrogens with zero attached hydrogens (tertiary/aromatic N) is 1. The number of carbonyl (C=O) groups is 1. The third-order valence-corrected chi connectivity index (χ3v) is 5.69. The van der Waals surface area contributed by atoms with Gasteiger partial charge in [-0.15, -0.1) is 0 Å². The fourth-order valence-corrected chi connectivity index (χ4v) is 3.78. The maximum absolute atomic E-state index is 12.7. The highest BCUT2D eigenvalue weighted by Gasteiger charge is 2.15. The second-order valence-corrected chi connectivity index (χ2v) is 7.84. The molecule has 0 bridgehead atoms. The van der Waals surface area contributed by atoms with Crippen molar-refractivity contribution in [3.05, 3.63) is 91.9 Å². The van der Waals surface area contributed by atoms with Crippen LogP contribution in [-0.2, 0) is 0 Å². The van der Waals surface area contributed by atoms with Gasteiger partial charge in [0, 0.05) is 32.1 Å². The van der Waals surface area contributed by atoms with Gasteiger partial charge in [-0.25, -0.2) is 0 Å². The highest BCUT2D eigenvalue weighted by Crippen LogP contribution is 2.37. The number of carbonyl (C=O) groups excluding carboxylic acids is 1. The Hall–Kier alpha value is -2.35. The van der Waals surface area contributed by atoms with Gasteiger partial charge in [-0.1, -0.05) is 51.4 Å². The summed E-state index contributed by atoms with van der Waals surface area (Å²) in [6, 6.07) is 18.7. The second kappa shape index (κ2) is 8.56. The van der Waals surface area contributed by atoms with E-state index in [4.69, 9.17) is 11.6 Å². The molecule has 0 unspecified atom stereocenters. The molecule has 3 aromatic rings. The molecule has 0 aliphatic heterocycles. The Kier molecular flexibility index (Phi) is 6.15. The molecule has 5 nitrogen and oxygen atoms in total. The van der Waals surface area contributed by atoms with E-state index < -0.39 is 4.92 Å². The van der Waals surface area contributed by atoms with E-state index in [1.807, 2.05) is 18.2 Å². The minimum atomic E-state index is -0.500. The Morgan fingerprint density at radius 2 is 1.74 bits per heavy atom. The summed E-state index contributed by atoms with van der Waals surface area (Å²) in [5, 5.41) is 14.0. The molecule has 8 heteroatoms. The van der Waals surface area contributed by atoms with Gasteiger partial charge in [-0.05, 0) is 42.5 Å². The van der Waals surface area contributed by atoms with Crippen LogP contribution < -0.4 is 5.32 Å². The number of nitro benzene ring substituents is 1. The summed E-state index contributed by atoms with van der Waals surface area (Å²) in [6.45, 7) is 0. The largest absolute Gasteiger partial charge is 0.322 e. The number of halogens is 2. The van der Waals surface area contributed by atoms with Crippen LogP contribution in [0.2, 0.25) is 5.02 Å². The van der Waals surface area contributed by atoms with E-state index in [2.05, 4.69) is 21.2 Å². The van der Waals surface area contributed by atoms with Crippen LogP contribution in [0.1, 0.15) is 10.4 Å². The molecule has 0 aliphatic carbocycles. The van der Waals surface area contributed by atoms with Crippen LogP contribution in [0.5, 0.6) is 0 Å². The molecule has 1 N–H and O–H groups in total. The zero-order chi connectivity index (χ0) is 19.4. The van der Waals surface area contributed by atoms with E-state index in [1.54, 1.807) is 36.4 Å². The zero-order valence-electron chi connectivity index (χ0n) is 13.7. The molecule has 0 saturated carbocycles. The van der Waals surface area contributed by atoms with E-state index >= 15 is 0 Å². The maximum atomic E-state index is 12.7. The van der Waals surface area contributed by atoms with Crippen molar-refractivity contribution >= 4 is 56.6 Å². The molecule has 0 spiro atoms. The third-order valence-electron chi connectivity index (χ3n) is 3.58. The first kappa shape index (κ1) is 19.4. The number of amides is 1. The Morgan fingerprint density at radius 3 is 2.41 bits per heavy atom. The summed E-state index contributed by atoms with van der Waals surface area (Å²) in [7, 11) is 0. The number of non-ortho nitro benzene ring substituents is 1. The third kappa shape index (κ3) is 4.88. The first-order chi connectivity index (χ1) is 12.9. The average Bonchev–Trinajstić information content (AvgIpc) is 2.65. The molecular weight excluding hydrogens is 452 g/mol. The first-order valence-electron chi connectivity index (χ1n) is 7.72. The summed E-state index contributed by atoms with van der Waals surface area (Å²) in [5.74, 6) is -0.251. The predicted molar refractivity (Wildman–Crippen MR) is 111 cm³/mol.